The monoisotopic (exact) mass is 389 g/mol. The quantitative estimate of drug-likeness (QED) is 0.615. The van der Waals surface area contributed by atoms with Crippen molar-refractivity contribution < 1.29 is 4.74 Å². The third-order valence-electron chi connectivity index (χ3n) is 3.62. The third kappa shape index (κ3) is 4.74. The largest absolute Gasteiger partial charge is 0.496 e. The summed E-state index contributed by atoms with van der Waals surface area (Å²) in [5.41, 5.74) is 1.80. The molecular formula is C18H17Cl2N5O. The van der Waals surface area contributed by atoms with E-state index in [0.717, 1.165) is 17.7 Å². The number of anilines is 3. The maximum Gasteiger partial charge on any atom is 0.244 e. The second-order valence-corrected chi connectivity index (χ2v) is 6.25. The van der Waals surface area contributed by atoms with Crippen molar-refractivity contribution in [3.05, 3.63) is 64.3 Å². The molecule has 0 aliphatic carbocycles. The number of halogens is 2. The summed E-state index contributed by atoms with van der Waals surface area (Å²) in [5.74, 6) is 1.82. The first-order valence-corrected chi connectivity index (χ1v) is 8.69. The summed E-state index contributed by atoms with van der Waals surface area (Å²) in [6, 6.07) is 13.1. The molecule has 2 aromatic carbocycles. The zero-order valence-corrected chi connectivity index (χ0v) is 15.6. The van der Waals surface area contributed by atoms with E-state index in [9.17, 15) is 0 Å². The molecule has 1 heterocycles. The van der Waals surface area contributed by atoms with Crippen molar-refractivity contribution in [2.45, 2.75) is 6.42 Å². The van der Waals surface area contributed by atoms with Gasteiger partial charge < -0.3 is 15.4 Å². The van der Waals surface area contributed by atoms with Gasteiger partial charge in [-0.1, -0.05) is 41.4 Å². The molecule has 0 amide bonds. The van der Waals surface area contributed by atoms with Crippen molar-refractivity contribution in [1.29, 1.82) is 0 Å². The van der Waals surface area contributed by atoms with Crippen LogP contribution in [0.2, 0.25) is 10.0 Å². The Morgan fingerprint density at radius 2 is 1.96 bits per heavy atom. The number of methoxy groups -OCH3 is 1. The lowest BCUT2D eigenvalue weighted by Crippen LogP contribution is -2.10. The normalized spacial score (nSPS) is 10.4. The van der Waals surface area contributed by atoms with E-state index in [1.807, 2.05) is 24.3 Å². The minimum absolute atomic E-state index is 0.426. The van der Waals surface area contributed by atoms with E-state index >= 15 is 0 Å². The van der Waals surface area contributed by atoms with Crippen LogP contribution in [-0.2, 0) is 6.42 Å². The van der Waals surface area contributed by atoms with E-state index < -0.39 is 0 Å². The molecule has 2 N–H and O–H groups in total. The highest BCUT2D eigenvalue weighted by Gasteiger charge is 2.06. The summed E-state index contributed by atoms with van der Waals surface area (Å²) in [4.78, 5) is 4.39. The standard InChI is InChI=1S/C18H17Cl2N5O/c1-26-16-5-3-2-4-12(16)8-9-21-18-24-17(11-22-25-18)23-15-7-6-13(19)10-14(15)20/h2-7,10-11H,8-9H2,1H3,(H2,21,23,24,25). The minimum Gasteiger partial charge on any atom is -0.496 e. The second-order valence-electron chi connectivity index (χ2n) is 5.40. The Kier molecular flexibility index (Phi) is 6.09. The summed E-state index contributed by atoms with van der Waals surface area (Å²) < 4.78 is 5.35. The Hall–Kier alpha value is -2.57. The highest BCUT2D eigenvalue weighted by Crippen LogP contribution is 2.27. The highest BCUT2D eigenvalue weighted by molar-refractivity contribution is 6.36. The van der Waals surface area contributed by atoms with Crippen LogP contribution in [0.5, 0.6) is 5.75 Å². The number of rotatable bonds is 7. The summed E-state index contributed by atoms with van der Waals surface area (Å²) >= 11 is 12.1. The van der Waals surface area contributed by atoms with Crippen molar-refractivity contribution in [3.63, 3.8) is 0 Å². The summed E-state index contributed by atoms with van der Waals surface area (Å²) in [6.45, 7) is 0.646. The lowest BCUT2D eigenvalue weighted by Gasteiger charge is -2.10. The van der Waals surface area contributed by atoms with Gasteiger partial charge in [-0.15, -0.1) is 5.10 Å². The first-order valence-electron chi connectivity index (χ1n) is 7.93. The average Bonchev–Trinajstić information content (AvgIpc) is 2.65. The number of nitrogens with zero attached hydrogens (tertiary/aromatic N) is 3. The molecule has 0 fully saturated rings. The van der Waals surface area contributed by atoms with Crippen LogP contribution in [0.3, 0.4) is 0 Å². The van der Waals surface area contributed by atoms with Crippen LogP contribution >= 0.6 is 23.2 Å². The molecule has 3 rings (SSSR count). The predicted molar refractivity (Wildman–Crippen MR) is 105 cm³/mol. The van der Waals surface area contributed by atoms with Crippen LogP contribution in [0.15, 0.2) is 48.7 Å². The van der Waals surface area contributed by atoms with Gasteiger partial charge in [0.25, 0.3) is 0 Å². The van der Waals surface area contributed by atoms with E-state index in [1.54, 1.807) is 25.3 Å². The Bertz CT molecular complexity index is 891. The van der Waals surface area contributed by atoms with Crippen LogP contribution in [0.25, 0.3) is 0 Å². The van der Waals surface area contributed by atoms with E-state index in [4.69, 9.17) is 27.9 Å². The number of nitrogens with one attached hydrogen (secondary N) is 2. The molecule has 0 atom stereocenters. The SMILES string of the molecule is COc1ccccc1CCNc1nncc(Nc2ccc(Cl)cc2Cl)n1. The van der Waals surface area contributed by atoms with Crippen molar-refractivity contribution >= 4 is 40.7 Å². The smallest absolute Gasteiger partial charge is 0.244 e. The number of benzene rings is 2. The van der Waals surface area contributed by atoms with E-state index in [1.165, 1.54) is 6.20 Å². The fraction of sp³-hybridized carbons (Fsp3) is 0.167. The number of para-hydroxylation sites is 1. The van der Waals surface area contributed by atoms with Crippen molar-refractivity contribution in [1.82, 2.24) is 15.2 Å². The fourth-order valence-electron chi connectivity index (χ4n) is 2.39. The molecule has 134 valence electrons. The predicted octanol–water partition coefficient (Wildman–Crippen LogP) is 4.59. The molecule has 0 unspecified atom stereocenters. The summed E-state index contributed by atoms with van der Waals surface area (Å²) in [7, 11) is 1.66. The summed E-state index contributed by atoms with van der Waals surface area (Å²) in [6.07, 6.45) is 2.30. The number of hydrogen-bond donors (Lipinski definition) is 2. The van der Waals surface area contributed by atoms with Gasteiger partial charge in [0, 0.05) is 11.6 Å². The molecule has 3 aromatic rings. The first-order chi connectivity index (χ1) is 12.7. The molecule has 6 nitrogen and oxygen atoms in total. The zero-order valence-electron chi connectivity index (χ0n) is 14.0. The maximum atomic E-state index is 6.16. The van der Waals surface area contributed by atoms with Gasteiger partial charge in [-0.05, 0) is 36.2 Å². The average molecular weight is 390 g/mol. The molecule has 0 aliphatic rings. The fourth-order valence-corrected chi connectivity index (χ4v) is 2.84. The lowest BCUT2D eigenvalue weighted by molar-refractivity contribution is 0.410. The van der Waals surface area contributed by atoms with Gasteiger partial charge in [-0.25, -0.2) is 0 Å². The first kappa shape index (κ1) is 18.2. The number of aromatic nitrogens is 3. The van der Waals surface area contributed by atoms with Crippen LogP contribution in [0, 0.1) is 0 Å². The summed E-state index contributed by atoms with van der Waals surface area (Å²) in [5, 5.41) is 15.3. The topological polar surface area (TPSA) is 72.0 Å². The van der Waals surface area contributed by atoms with Gasteiger partial charge in [0.1, 0.15) is 5.75 Å². The van der Waals surface area contributed by atoms with E-state index in [-0.39, 0.29) is 0 Å². The Morgan fingerprint density at radius 3 is 2.77 bits per heavy atom. The molecule has 0 saturated heterocycles. The Balaban J connectivity index is 1.62. The molecule has 1 aromatic heterocycles. The number of ether oxygens (including phenoxy) is 1. The van der Waals surface area contributed by atoms with Crippen molar-refractivity contribution in [2.24, 2.45) is 0 Å². The third-order valence-corrected chi connectivity index (χ3v) is 4.17. The van der Waals surface area contributed by atoms with Gasteiger partial charge in [-0.2, -0.15) is 10.1 Å². The molecule has 0 radical (unpaired) electrons. The van der Waals surface area contributed by atoms with Gasteiger partial charge in [-0.3, -0.25) is 0 Å². The molecule has 0 spiro atoms. The van der Waals surface area contributed by atoms with E-state index in [0.29, 0.717) is 34.0 Å². The molecule has 0 saturated carbocycles. The zero-order chi connectivity index (χ0) is 18.4. The molecule has 0 bridgehead atoms. The maximum absolute atomic E-state index is 6.16. The molecular weight excluding hydrogens is 373 g/mol. The van der Waals surface area contributed by atoms with Crippen LogP contribution in [-0.4, -0.2) is 28.8 Å². The Morgan fingerprint density at radius 1 is 1.12 bits per heavy atom. The second kappa shape index (κ2) is 8.69. The Labute approximate surface area is 161 Å². The van der Waals surface area contributed by atoms with Gasteiger partial charge in [0.15, 0.2) is 5.82 Å². The lowest BCUT2D eigenvalue weighted by atomic mass is 10.1. The molecule has 8 heteroatoms. The van der Waals surface area contributed by atoms with Crippen LogP contribution in [0.1, 0.15) is 5.56 Å². The van der Waals surface area contributed by atoms with Crippen molar-refractivity contribution in [3.8, 4) is 5.75 Å². The molecule has 0 aliphatic heterocycles. The van der Waals surface area contributed by atoms with Gasteiger partial charge in [0.2, 0.25) is 5.95 Å². The van der Waals surface area contributed by atoms with Crippen LogP contribution < -0.4 is 15.4 Å². The van der Waals surface area contributed by atoms with Crippen molar-refractivity contribution in [2.75, 3.05) is 24.3 Å². The highest BCUT2D eigenvalue weighted by atomic mass is 35.5. The van der Waals surface area contributed by atoms with Gasteiger partial charge >= 0.3 is 0 Å². The number of hydrogen-bond acceptors (Lipinski definition) is 6. The van der Waals surface area contributed by atoms with Crippen LogP contribution in [0.4, 0.5) is 17.5 Å². The minimum atomic E-state index is 0.426. The van der Waals surface area contributed by atoms with E-state index in [2.05, 4.69) is 25.8 Å². The molecule has 26 heavy (non-hydrogen) atoms. The van der Waals surface area contributed by atoms with Gasteiger partial charge in [0.05, 0.1) is 24.0 Å².